The van der Waals surface area contributed by atoms with Crippen LogP contribution in [0.3, 0.4) is 0 Å². The van der Waals surface area contributed by atoms with Crippen LogP contribution in [0.1, 0.15) is 52.0 Å². The highest BCUT2D eigenvalue weighted by molar-refractivity contribution is 6.42. The van der Waals surface area contributed by atoms with Gasteiger partial charge < -0.3 is 14.5 Å². The summed E-state index contributed by atoms with van der Waals surface area (Å²) in [7, 11) is 0. The summed E-state index contributed by atoms with van der Waals surface area (Å²) in [5.74, 6) is -0.407. The van der Waals surface area contributed by atoms with Gasteiger partial charge in [0.05, 0.1) is 16.7 Å². The molecule has 1 atom stereocenters. The van der Waals surface area contributed by atoms with Crippen molar-refractivity contribution in [2.75, 3.05) is 32.8 Å². The van der Waals surface area contributed by atoms with Crippen molar-refractivity contribution < 1.29 is 19.1 Å². The predicted molar refractivity (Wildman–Crippen MR) is 137 cm³/mol. The van der Waals surface area contributed by atoms with Crippen molar-refractivity contribution in [3.8, 4) is 0 Å². The maximum absolute atomic E-state index is 13.9. The van der Waals surface area contributed by atoms with E-state index in [-0.39, 0.29) is 24.3 Å². The highest BCUT2D eigenvalue weighted by Gasteiger charge is 2.55. The molecule has 0 radical (unpaired) electrons. The van der Waals surface area contributed by atoms with Crippen molar-refractivity contribution >= 4 is 40.9 Å². The van der Waals surface area contributed by atoms with Crippen LogP contribution in [0.2, 0.25) is 10.0 Å². The summed E-state index contributed by atoms with van der Waals surface area (Å²) in [6.45, 7) is 4.25. The first-order valence-electron chi connectivity index (χ1n) is 12.4. The Morgan fingerprint density at radius 2 is 1.58 bits per heavy atom. The summed E-state index contributed by atoms with van der Waals surface area (Å²) >= 11 is 12.1. The number of benzene rings is 2. The summed E-state index contributed by atoms with van der Waals surface area (Å²) in [4.78, 5) is 45.8. The van der Waals surface area contributed by atoms with Gasteiger partial charge in [-0.25, -0.2) is 0 Å². The minimum absolute atomic E-state index is 0.0550. The van der Waals surface area contributed by atoms with Gasteiger partial charge in [0.25, 0.3) is 11.8 Å². The third-order valence-electron chi connectivity index (χ3n) is 7.56. The van der Waals surface area contributed by atoms with E-state index in [4.69, 9.17) is 27.9 Å². The number of piperidine rings is 1. The van der Waals surface area contributed by atoms with E-state index < -0.39 is 11.8 Å². The smallest absolute Gasteiger partial charge is 0.257 e. The number of rotatable bonds is 3. The maximum Gasteiger partial charge on any atom is 0.257 e. The molecular formula is C27H29Cl2N3O4. The fourth-order valence-electron chi connectivity index (χ4n) is 5.52. The molecule has 3 saturated heterocycles. The lowest BCUT2D eigenvalue weighted by Gasteiger charge is -2.45. The van der Waals surface area contributed by atoms with Crippen LogP contribution < -0.4 is 0 Å². The lowest BCUT2D eigenvalue weighted by molar-refractivity contribution is -0.136. The quantitative estimate of drug-likeness (QED) is 0.590. The van der Waals surface area contributed by atoms with Gasteiger partial charge in [0.1, 0.15) is 11.8 Å². The number of carbonyl (C=O) groups excluding carboxylic acids is 3. The van der Waals surface area contributed by atoms with Gasteiger partial charge in [-0.05, 0) is 49.6 Å². The molecule has 190 valence electrons. The molecule has 2 aromatic rings. The largest absolute Gasteiger partial charge is 0.353 e. The molecule has 5 rings (SSSR count). The Kier molecular flexibility index (Phi) is 6.99. The highest BCUT2D eigenvalue weighted by Crippen LogP contribution is 2.40. The Bertz CT molecular complexity index is 1190. The van der Waals surface area contributed by atoms with E-state index in [9.17, 15) is 14.4 Å². The Labute approximate surface area is 220 Å². The zero-order valence-corrected chi connectivity index (χ0v) is 21.7. The topological polar surface area (TPSA) is 70.2 Å². The van der Waals surface area contributed by atoms with E-state index in [1.165, 1.54) is 0 Å². The molecule has 36 heavy (non-hydrogen) atoms. The molecule has 0 saturated carbocycles. The van der Waals surface area contributed by atoms with Crippen molar-refractivity contribution in [3.63, 3.8) is 0 Å². The Hall–Kier alpha value is -2.61. The lowest BCUT2D eigenvalue weighted by Crippen LogP contribution is -2.60. The van der Waals surface area contributed by atoms with E-state index in [0.717, 1.165) is 18.4 Å². The van der Waals surface area contributed by atoms with Crippen molar-refractivity contribution in [1.82, 2.24) is 14.7 Å². The number of amides is 3. The van der Waals surface area contributed by atoms with Crippen molar-refractivity contribution in [1.29, 1.82) is 0 Å². The van der Waals surface area contributed by atoms with Crippen LogP contribution in [0.4, 0.5) is 0 Å². The van der Waals surface area contributed by atoms with Crippen LogP contribution in [-0.4, -0.2) is 77.0 Å². The van der Waals surface area contributed by atoms with Crippen molar-refractivity contribution in [2.45, 2.75) is 44.4 Å². The first-order chi connectivity index (χ1) is 17.3. The molecule has 1 unspecified atom stereocenters. The van der Waals surface area contributed by atoms with E-state index >= 15 is 0 Å². The Balaban J connectivity index is 1.40. The molecule has 2 aromatic carbocycles. The number of halogens is 2. The lowest BCUT2D eigenvalue weighted by atomic mass is 9.95. The maximum atomic E-state index is 13.9. The standard InChI is InChI=1S/C27H29Cl2N3O4/c1-18-6-2-3-7-20(18)25(34)32-23(26(35)30-12-4-5-13-30)17-36-27(32)10-14-31(15-11-27)24(33)19-8-9-21(28)22(29)16-19/h2-3,6-9,16,23H,4-5,10-15,17H2,1H3. The number of carbonyl (C=O) groups is 3. The number of hydrogen-bond acceptors (Lipinski definition) is 4. The van der Waals surface area contributed by atoms with Gasteiger partial charge in [-0.2, -0.15) is 0 Å². The van der Waals surface area contributed by atoms with Crippen LogP contribution >= 0.6 is 23.2 Å². The molecule has 0 aliphatic carbocycles. The van der Waals surface area contributed by atoms with Crippen molar-refractivity contribution in [2.24, 2.45) is 0 Å². The van der Waals surface area contributed by atoms with Gasteiger partial charge in [-0.1, -0.05) is 41.4 Å². The van der Waals surface area contributed by atoms with E-state index in [0.29, 0.717) is 60.2 Å². The summed E-state index contributed by atoms with van der Waals surface area (Å²) in [5, 5.41) is 0.720. The van der Waals surface area contributed by atoms with Gasteiger partial charge >= 0.3 is 0 Å². The van der Waals surface area contributed by atoms with E-state index in [1.807, 2.05) is 30.0 Å². The van der Waals surface area contributed by atoms with Crippen LogP contribution in [-0.2, 0) is 9.53 Å². The molecule has 3 aliphatic heterocycles. The molecule has 3 amide bonds. The molecule has 7 nitrogen and oxygen atoms in total. The number of likely N-dealkylation sites (tertiary alicyclic amines) is 2. The number of nitrogens with zero attached hydrogens (tertiary/aromatic N) is 3. The van der Waals surface area contributed by atoms with Crippen LogP contribution in [0, 0.1) is 6.92 Å². The molecule has 1 spiro atoms. The molecule has 3 fully saturated rings. The minimum atomic E-state index is -0.937. The first kappa shape index (κ1) is 25.1. The molecule has 0 N–H and O–H groups in total. The second-order valence-corrected chi connectivity index (χ2v) is 10.5. The Morgan fingerprint density at radius 3 is 2.25 bits per heavy atom. The van der Waals surface area contributed by atoms with Gasteiger partial charge in [0.15, 0.2) is 0 Å². The fraction of sp³-hybridized carbons (Fsp3) is 0.444. The average molecular weight is 530 g/mol. The van der Waals surface area contributed by atoms with E-state index in [1.54, 1.807) is 34.1 Å². The first-order valence-corrected chi connectivity index (χ1v) is 13.1. The van der Waals surface area contributed by atoms with Gasteiger partial charge in [-0.15, -0.1) is 0 Å². The van der Waals surface area contributed by atoms with Crippen molar-refractivity contribution in [3.05, 3.63) is 69.2 Å². The Morgan fingerprint density at radius 1 is 0.889 bits per heavy atom. The zero-order valence-electron chi connectivity index (χ0n) is 20.2. The van der Waals surface area contributed by atoms with Crippen LogP contribution in [0.5, 0.6) is 0 Å². The molecule has 3 aliphatic rings. The summed E-state index contributed by atoms with van der Waals surface area (Å²) in [6.07, 6.45) is 2.78. The molecule has 3 heterocycles. The molecule has 0 bridgehead atoms. The SMILES string of the molecule is Cc1ccccc1C(=O)N1C(C(=O)N2CCCC2)COC12CCN(C(=O)c1ccc(Cl)c(Cl)c1)CC2. The number of hydrogen-bond donors (Lipinski definition) is 0. The molecule has 0 aromatic heterocycles. The zero-order chi connectivity index (χ0) is 25.4. The summed E-state index contributed by atoms with van der Waals surface area (Å²) < 4.78 is 6.32. The predicted octanol–water partition coefficient (Wildman–Crippen LogP) is 4.40. The second-order valence-electron chi connectivity index (χ2n) is 9.72. The molecular weight excluding hydrogens is 501 g/mol. The summed E-state index contributed by atoms with van der Waals surface area (Å²) in [6, 6.07) is 11.6. The second kappa shape index (κ2) is 10.0. The number of aryl methyl sites for hydroxylation is 1. The van der Waals surface area contributed by atoms with Gasteiger partial charge in [0, 0.05) is 50.1 Å². The average Bonchev–Trinajstić information content (AvgIpc) is 3.54. The van der Waals surface area contributed by atoms with Crippen LogP contribution in [0.25, 0.3) is 0 Å². The van der Waals surface area contributed by atoms with Gasteiger partial charge in [-0.3, -0.25) is 19.3 Å². The van der Waals surface area contributed by atoms with Crippen LogP contribution in [0.15, 0.2) is 42.5 Å². The third-order valence-corrected chi connectivity index (χ3v) is 8.30. The summed E-state index contributed by atoms with van der Waals surface area (Å²) in [5.41, 5.74) is 0.941. The normalized spacial score (nSPS) is 21.3. The van der Waals surface area contributed by atoms with Gasteiger partial charge in [0.2, 0.25) is 5.91 Å². The van der Waals surface area contributed by atoms with E-state index in [2.05, 4.69) is 0 Å². The number of ether oxygens (including phenoxy) is 1. The monoisotopic (exact) mass is 529 g/mol. The minimum Gasteiger partial charge on any atom is -0.353 e. The molecule has 9 heteroatoms. The highest BCUT2D eigenvalue weighted by atomic mass is 35.5. The third kappa shape index (κ3) is 4.49. The fourth-order valence-corrected chi connectivity index (χ4v) is 5.82.